The predicted octanol–water partition coefficient (Wildman–Crippen LogP) is 1.63. The Balaban J connectivity index is 2.38. The number of hydrogen-bond donors (Lipinski definition) is 4. The minimum atomic E-state index is -0.578. The zero-order valence-corrected chi connectivity index (χ0v) is 10.7. The van der Waals surface area contributed by atoms with E-state index in [1.165, 1.54) is 12.1 Å². The number of hydrogen-bond acceptors (Lipinski definition) is 5. The predicted molar refractivity (Wildman–Crippen MR) is 66.0 cm³/mol. The van der Waals surface area contributed by atoms with Crippen LogP contribution in [-0.2, 0) is 11.3 Å². The van der Waals surface area contributed by atoms with Crippen LogP contribution in [0.4, 0.5) is 4.79 Å². The van der Waals surface area contributed by atoms with Crippen molar-refractivity contribution in [2.24, 2.45) is 0 Å². The molecule has 1 aromatic rings. The van der Waals surface area contributed by atoms with E-state index in [4.69, 9.17) is 9.84 Å². The summed E-state index contributed by atoms with van der Waals surface area (Å²) in [6.07, 6.45) is -0.578. The van der Waals surface area contributed by atoms with Gasteiger partial charge in [-0.2, -0.15) is 0 Å². The summed E-state index contributed by atoms with van der Waals surface area (Å²) in [6, 6.07) is 4.40. The highest BCUT2D eigenvalue weighted by atomic mass is 16.6. The van der Waals surface area contributed by atoms with Crippen LogP contribution in [0.25, 0.3) is 0 Å². The molecule has 1 amide bonds. The molecule has 0 unspecified atom stereocenters. The summed E-state index contributed by atoms with van der Waals surface area (Å²) in [5, 5.41) is 18.4. The third kappa shape index (κ3) is 4.92. The largest absolute Gasteiger partial charge is 0.504 e. The number of ether oxygens (including phenoxy) is 1. The van der Waals surface area contributed by atoms with Gasteiger partial charge in [0.05, 0.1) is 0 Å². The van der Waals surface area contributed by atoms with E-state index in [1.807, 2.05) is 0 Å². The first kappa shape index (κ1) is 14.1. The summed E-state index contributed by atoms with van der Waals surface area (Å²) in [5.74, 6) is -0.384. The molecule has 0 aliphatic heterocycles. The lowest BCUT2D eigenvalue weighted by Crippen LogP contribution is -2.40. The fourth-order valence-electron chi connectivity index (χ4n) is 1.20. The van der Waals surface area contributed by atoms with Gasteiger partial charge in [-0.3, -0.25) is 5.43 Å². The molecule has 0 heterocycles. The van der Waals surface area contributed by atoms with Crippen LogP contribution in [-0.4, -0.2) is 21.9 Å². The number of hydrazine groups is 1. The van der Waals surface area contributed by atoms with Gasteiger partial charge in [0.2, 0.25) is 0 Å². The molecule has 0 aliphatic carbocycles. The molecule has 0 fully saturated rings. The first-order valence-corrected chi connectivity index (χ1v) is 5.50. The fourth-order valence-corrected chi connectivity index (χ4v) is 1.20. The number of rotatable bonds is 3. The van der Waals surface area contributed by atoms with Crippen LogP contribution in [0.15, 0.2) is 18.2 Å². The first-order chi connectivity index (χ1) is 8.28. The number of carbonyl (C=O) groups is 1. The summed E-state index contributed by atoms with van der Waals surface area (Å²) in [6.45, 7) is 5.60. The third-order valence-corrected chi connectivity index (χ3v) is 1.92. The quantitative estimate of drug-likeness (QED) is 0.486. The van der Waals surface area contributed by atoms with E-state index in [0.717, 1.165) is 0 Å². The van der Waals surface area contributed by atoms with Crippen molar-refractivity contribution in [1.82, 2.24) is 10.9 Å². The standard InChI is InChI=1S/C12H18N2O4/c1-12(2,3)18-11(17)14-13-7-8-4-5-9(15)10(16)6-8/h4-6,13,15-16H,7H2,1-3H3,(H,14,17). The average molecular weight is 254 g/mol. The minimum absolute atomic E-state index is 0.182. The molecule has 0 bridgehead atoms. The van der Waals surface area contributed by atoms with Crippen molar-refractivity contribution >= 4 is 6.09 Å². The van der Waals surface area contributed by atoms with Crippen LogP contribution in [0.1, 0.15) is 26.3 Å². The van der Waals surface area contributed by atoms with Crippen molar-refractivity contribution in [2.75, 3.05) is 0 Å². The van der Waals surface area contributed by atoms with Crippen LogP contribution >= 0.6 is 0 Å². The van der Waals surface area contributed by atoms with E-state index < -0.39 is 11.7 Å². The lowest BCUT2D eigenvalue weighted by atomic mass is 10.2. The molecule has 18 heavy (non-hydrogen) atoms. The molecule has 4 N–H and O–H groups in total. The van der Waals surface area contributed by atoms with Crippen molar-refractivity contribution in [1.29, 1.82) is 0 Å². The van der Waals surface area contributed by atoms with Crippen molar-refractivity contribution in [3.8, 4) is 11.5 Å². The normalized spacial score (nSPS) is 11.1. The molecule has 0 spiro atoms. The van der Waals surface area contributed by atoms with E-state index in [9.17, 15) is 9.90 Å². The summed E-state index contributed by atoms with van der Waals surface area (Å²) < 4.78 is 5.02. The number of aromatic hydroxyl groups is 2. The number of amides is 1. The number of benzene rings is 1. The molecular weight excluding hydrogens is 236 g/mol. The Labute approximate surface area is 106 Å². The zero-order chi connectivity index (χ0) is 13.8. The molecule has 6 heteroatoms. The van der Waals surface area contributed by atoms with Gasteiger partial charge < -0.3 is 14.9 Å². The second kappa shape index (κ2) is 5.59. The van der Waals surface area contributed by atoms with Crippen molar-refractivity contribution in [3.63, 3.8) is 0 Å². The minimum Gasteiger partial charge on any atom is -0.504 e. The number of nitrogens with one attached hydrogen (secondary N) is 2. The van der Waals surface area contributed by atoms with Crippen molar-refractivity contribution < 1.29 is 19.7 Å². The van der Waals surface area contributed by atoms with Crippen LogP contribution in [0.5, 0.6) is 11.5 Å². The van der Waals surface area contributed by atoms with E-state index in [2.05, 4.69) is 10.9 Å². The van der Waals surface area contributed by atoms with Crippen molar-refractivity contribution in [3.05, 3.63) is 23.8 Å². The monoisotopic (exact) mass is 254 g/mol. The third-order valence-electron chi connectivity index (χ3n) is 1.92. The number of phenolic OH excluding ortho intramolecular Hbond substituents is 2. The maximum absolute atomic E-state index is 11.3. The van der Waals surface area contributed by atoms with E-state index >= 15 is 0 Å². The Morgan fingerprint density at radius 1 is 1.28 bits per heavy atom. The number of phenols is 2. The molecule has 6 nitrogen and oxygen atoms in total. The lowest BCUT2D eigenvalue weighted by molar-refractivity contribution is 0.0497. The highest BCUT2D eigenvalue weighted by Crippen LogP contribution is 2.24. The SMILES string of the molecule is CC(C)(C)OC(=O)NNCc1ccc(O)c(O)c1. The number of carbonyl (C=O) groups excluding carboxylic acids is 1. The van der Waals surface area contributed by atoms with Gasteiger partial charge in [-0.25, -0.2) is 10.2 Å². The van der Waals surface area contributed by atoms with E-state index in [0.29, 0.717) is 12.1 Å². The van der Waals surface area contributed by atoms with Crippen molar-refractivity contribution in [2.45, 2.75) is 32.9 Å². The zero-order valence-electron chi connectivity index (χ0n) is 10.7. The molecule has 0 aromatic heterocycles. The second-order valence-electron chi connectivity index (χ2n) is 4.80. The summed E-state index contributed by atoms with van der Waals surface area (Å²) in [5.41, 5.74) is 5.18. The molecule has 1 aromatic carbocycles. The molecule has 0 saturated heterocycles. The molecule has 0 atom stereocenters. The van der Waals surface area contributed by atoms with Crippen LogP contribution in [0.2, 0.25) is 0 Å². The first-order valence-electron chi connectivity index (χ1n) is 5.50. The lowest BCUT2D eigenvalue weighted by Gasteiger charge is -2.19. The van der Waals surface area contributed by atoms with Gasteiger partial charge in [-0.15, -0.1) is 0 Å². The summed E-state index contributed by atoms with van der Waals surface area (Å²) in [4.78, 5) is 11.3. The molecule has 0 saturated carbocycles. The van der Waals surface area contributed by atoms with Gasteiger partial charge in [0.15, 0.2) is 11.5 Å². The molecule has 0 aliphatic rings. The Kier molecular flexibility index (Phi) is 4.38. The van der Waals surface area contributed by atoms with Gasteiger partial charge in [-0.1, -0.05) is 6.07 Å². The Morgan fingerprint density at radius 3 is 2.50 bits per heavy atom. The molecule has 100 valence electrons. The maximum atomic E-state index is 11.3. The highest BCUT2D eigenvalue weighted by molar-refractivity contribution is 5.66. The highest BCUT2D eigenvalue weighted by Gasteiger charge is 2.15. The van der Waals surface area contributed by atoms with E-state index in [1.54, 1.807) is 26.8 Å². The summed E-state index contributed by atoms with van der Waals surface area (Å²) in [7, 11) is 0. The topological polar surface area (TPSA) is 90.8 Å². The van der Waals surface area contributed by atoms with Crippen LogP contribution in [0.3, 0.4) is 0 Å². The van der Waals surface area contributed by atoms with Gasteiger partial charge in [0.1, 0.15) is 5.60 Å². The smallest absolute Gasteiger partial charge is 0.422 e. The fraction of sp³-hybridized carbons (Fsp3) is 0.417. The molecule has 1 rings (SSSR count). The average Bonchev–Trinajstić information content (AvgIpc) is 2.20. The Bertz CT molecular complexity index is 427. The summed E-state index contributed by atoms with van der Waals surface area (Å²) >= 11 is 0. The maximum Gasteiger partial charge on any atom is 0.422 e. The molecule has 0 radical (unpaired) electrons. The van der Waals surface area contributed by atoms with Crippen LogP contribution < -0.4 is 10.9 Å². The van der Waals surface area contributed by atoms with Gasteiger partial charge in [-0.05, 0) is 38.5 Å². The van der Waals surface area contributed by atoms with Crippen LogP contribution in [0, 0.1) is 0 Å². The second-order valence-corrected chi connectivity index (χ2v) is 4.80. The van der Waals surface area contributed by atoms with E-state index in [-0.39, 0.29) is 11.5 Å². The Morgan fingerprint density at radius 2 is 1.94 bits per heavy atom. The van der Waals surface area contributed by atoms with Gasteiger partial charge in [0.25, 0.3) is 0 Å². The van der Waals surface area contributed by atoms with Gasteiger partial charge in [0, 0.05) is 6.54 Å². The Hall–Kier alpha value is -1.95. The molecular formula is C12H18N2O4. The van der Waals surface area contributed by atoms with Gasteiger partial charge >= 0.3 is 6.09 Å².